The maximum absolute atomic E-state index is 13.5. The van der Waals surface area contributed by atoms with E-state index < -0.39 is 60.4 Å². The number of nitrogens with one attached hydrogen (secondary N) is 2. The van der Waals surface area contributed by atoms with Gasteiger partial charge in [0.25, 0.3) is 0 Å². The zero-order chi connectivity index (χ0) is 26.7. The van der Waals surface area contributed by atoms with Gasteiger partial charge in [-0.25, -0.2) is 14.8 Å². The third-order valence-corrected chi connectivity index (χ3v) is 4.65. The molecular weight excluding hydrogens is 516 g/mol. The predicted octanol–water partition coefficient (Wildman–Crippen LogP) is 6.42. The van der Waals surface area contributed by atoms with Crippen molar-refractivity contribution in [1.29, 1.82) is 0 Å². The number of allylic oxidation sites excluding steroid dienone is 6. The van der Waals surface area contributed by atoms with Gasteiger partial charge in [-0.05, 0) is 24.1 Å². The van der Waals surface area contributed by atoms with Crippen LogP contribution < -0.4 is 10.7 Å². The van der Waals surface area contributed by atoms with E-state index in [2.05, 4.69) is 30.5 Å². The van der Waals surface area contributed by atoms with E-state index in [1.807, 2.05) is 0 Å². The summed E-state index contributed by atoms with van der Waals surface area (Å²) in [6.07, 6.45) is -10.7. The number of halogens is 10. The minimum Gasteiger partial charge on any atom is -0.344 e. The molecule has 0 saturated carbocycles. The Morgan fingerprint density at radius 3 is 2.33 bits per heavy atom. The zero-order valence-electron chi connectivity index (χ0n) is 17.6. The number of nitrogens with zero attached hydrogens (tertiary/aromatic N) is 3. The van der Waals surface area contributed by atoms with Crippen LogP contribution in [0.2, 0.25) is 0 Å². The highest BCUT2D eigenvalue weighted by atomic mass is 19.4. The Balaban J connectivity index is 1.73. The highest BCUT2D eigenvalue weighted by Crippen LogP contribution is 2.39. The van der Waals surface area contributed by atoms with E-state index >= 15 is 0 Å². The van der Waals surface area contributed by atoms with Gasteiger partial charge in [0.15, 0.2) is 5.69 Å². The summed E-state index contributed by atoms with van der Waals surface area (Å²) in [6.45, 7) is 0. The first-order valence-corrected chi connectivity index (χ1v) is 9.88. The lowest BCUT2D eigenvalue weighted by Gasteiger charge is -2.23. The van der Waals surface area contributed by atoms with E-state index in [4.69, 9.17) is 0 Å². The second-order valence-corrected chi connectivity index (χ2v) is 7.40. The number of anilines is 2. The van der Waals surface area contributed by atoms with Gasteiger partial charge in [0.05, 0.1) is 12.3 Å². The fourth-order valence-electron chi connectivity index (χ4n) is 3.05. The normalized spacial score (nSPS) is 21.2. The van der Waals surface area contributed by atoms with Gasteiger partial charge in [0, 0.05) is 18.2 Å². The minimum atomic E-state index is -4.96. The Hall–Kier alpha value is -3.43. The number of aromatic nitrogens is 2. The smallest absolute Gasteiger partial charge is 0.344 e. The van der Waals surface area contributed by atoms with E-state index in [-0.39, 0.29) is 12.1 Å². The summed E-state index contributed by atoms with van der Waals surface area (Å²) in [7, 11) is 0. The summed E-state index contributed by atoms with van der Waals surface area (Å²) in [5, 5.41) is 5.93. The van der Waals surface area contributed by atoms with Crippen molar-refractivity contribution in [2.24, 2.45) is 11.0 Å². The van der Waals surface area contributed by atoms with Crippen LogP contribution in [-0.4, -0.2) is 34.8 Å². The Kier molecular flexibility index (Phi) is 7.76. The molecule has 196 valence electrons. The first-order valence-electron chi connectivity index (χ1n) is 9.88. The number of ether oxygens (including phenoxy) is 1. The van der Waals surface area contributed by atoms with Crippen molar-refractivity contribution in [3.05, 3.63) is 59.2 Å². The Morgan fingerprint density at radius 1 is 1.03 bits per heavy atom. The van der Waals surface area contributed by atoms with Crippen LogP contribution in [0.4, 0.5) is 55.7 Å². The number of rotatable bonds is 6. The molecule has 0 aliphatic heterocycles. The van der Waals surface area contributed by atoms with Crippen molar-refractivity contribution in [2.75, 3.05) is 10.7 Å². The largest absolute Gasteiger partial charge is 0.523 e. The van der Waals surface area contributed by atoms with E-state index in [1.165, 1.54) is 12.2 Å². The Morgan fingerprint density at radius 2 is 1.75 bits per heavy atom. The molecule has 0 saturated heterocycles. The number of hydrogen-bond donors (Lipinski definition) is 2. The number of alkyl halides is 9. The SMILES string of the molecule is FC1=CC=C(Nc2cc(C(F)(F)F)nc(N/N=C/C3=CCC(OC(F)(F)F)C=C3)n2)CC1C(F)(F)F. The van der Waals surface area contributed by atoms with Crippen molar-refractivity contribution in [3.63, 3.8) is 0 Å². The molecule has 0 bridgehead atoms. The van der Waals surface area contributed by atoms with Crippen LogP contribution in [0.3, 0.4) is 0 Å². The lowest BCUT2D eigenvalue weighted by molar-refractivity contribution is -0.336. The third-order valence-electron chi connectivity index (χ3n) is 4.65. The van der Waals surface area contributed by atoms with E-state index in [1.54, 1.807) is 0 Å². The molecule has 6 nitrogen and oxygen atoms in total. The lowest BCUT2D eigenvalue weighted by Crippen LogP contribution is -2.27. The van der Waals surface area contributed by atoms with Crippen LogP contribution in [0.1, 0.15) is 18.5 Å². The predicted molar refractivity (Wildman–Crippen MR) is 107 cm³/mol. The van der Waals surface area contributed by atoms with Crippen LogP contribution in [0.15, 0.2) is 58.6 Å². The molecule has 0 aromatic carbocycles. The highest BCUT2D eigenvalue weighted by molar-refractivity contribution is 5.83. The number of hydrazone groups is 1. The van der Waals surface area contributed by atoms with Crippen molar-refractivity contribution >= 4 is 18.0 Å². The summed E-state index contributed by atoms with van der Waals surface area (Å²) in [5.74, 6) is -5.13. The molecule has 16 heteroatoms. The summed E-state index contributed by atoms with van der Waals surface area (Å²) in [6, 6.07) is 0.445. The second kappa shape index (κ2) is 10.3. The molecule has 2 unspecified atom stereocenters. The lowest BCUT2D eigenvalue weighted by atomic mass is 9.96. The highest BCUT2D eigenvalue weighted by Gasteiger charge is 2.44. The van der Waals surface area contributed by atoms with Crippen LogP contribution in [-0.2, 0) is 10.9 Å². The molecule has 0 radical (unpaired) electrons. The van der Waals surface area contributed by atoms with Gasteiger partial charge in [0.1, 0.15) is 17.6 Å². The molecule has 36 heavy (non-hydrogen) atoms. The van der Waals surface area contributed by atoms with Crippen LogP contribution in [0.25, 0.3) is 0 Å². The molecule has 2 atom stereocenters. The zero-order valence-corrected chi connectivity index (χ0v) is 17.6. The molecule has 1 aromatic heterocycles. The first kappa shape index (κ1) is 27.2. The molecule has 1 heterocycles. The summed E-state index contributed by atoms with van der Waals surface area (Å²) >= 11 is 0. The number of hydrogen-bond acceptors (Lipinski definition) is 6. The molecule has 0 amide bonds. The van der Waals surface area contributed by atoms with Gasteiger partial charge in [0.2, 0.25) is 5.95 Å². The van der Waals surface area contributed by atoms with Crippen molar-refractivity contribution in [2.45, 2.75) is 37.7 Å². The second-order valence-electron chi connectivity index (χ2n) is 7.40. The van der Waals surface area contributed by atoms with Crippen LogP contribution in [0.5, 0.6) is 0 Å². The van der Waals surface area contributed by atoms with Gasteiger partial charge >= 0.3 is 18.7 Å². The topological polar surface area (TPSA) is 71.4 Å². The van der Waals surface area contributed by atoms with Gasteiger partial charge in [-0.3, -0.25) is 4.74 Å². The molecule has 0 spiro atoms. The molecular formula is C20H15F10N5O. The maximum atomic E-state index is 13.5. The van der Waals surface area contributed by atoms with Crippen molar-refractivity contribution < 1.29 is 48.6 Å². The summed E-state index contributed by atoms with van der Waals surface area (Å²) < 4.78 is 133. The molecule has 0 fully saturated rings. The molecule has 2 aliphatic rings. The standard InChI is InChI=1S/C20H15F10N5O/c21-14-6-3-11(7-13(14)18(22,23)24)32-16-8-15(19(25,26)27)33-17(34-16)35-31-9-10-1-4-12(5-2-10)36-20(28,29)30/h1-4,6,8-9,12-13H,5,7H2,(H2,32,33,34,35)/b31-9+. The van der Waals surface area contributed by atoms with Crippen molar-refractivity contribution in [1.82, 2.24) is 9.97 Å². The Bertz CT molecular complexity index is 1120. The third kappa shape index (κ3) is 7.79. The van der Waals surface area contributed by atoms with E-state index in [0.29, 0.717) is 17.7 Å². The molecule has 2 aliphatic carbocycles. The van der Waals surface area contributed by atoms with Gasteiger partial charge in [-0.2, -0.15) is 36.4 Å². The summed E-state index contributed by atoms with van der Waals surface area (Å²) in [4.78, 5) is 6.96. The molecule has 2 N–H and O–H groups in total. The fraction of sp³-hybridized carbons (Fsp3) is 0.350. The summed E-state index contributed by atoms with van der Waals surface area (Å²) in [5.41, 5.74) is 0.727. The average Bonchev–Trinajstić information content (AvgIpc) is 2.74. The molecule has 1 aromatic rings. The van der Waals surface area contributed by atoms with Gasteiger partial charge in [-0.15, -0.1) is 13.2 Å². The maximum Gasteiger partial charge on any atom is 0.523 e. The van der Waals surface area contributed by atoms with Crippen LogP contribution >= 0.6 is 0 Å². The Labute approximate surface area is 196 Å². The van der Waals surface area contributed by atoms with Crippen molar-refractivity contribution in [3.8, 4) is 0 Å². The quantitative estimate of drug-likeness (QED) is 0.252. The molecule has 3 rings (SSSR count). The van der Waals surface area contributed by atoms with Gasteiger partial charge in [-0.1, -0.05) is 18.2 Å². The van der Waals surface area contributed by atoms with Gasteiger partial charge < -0.3 is 5.32 Å². The van der Waals surface area contributed by atoms with Crippen LogP contribution in [0, 0.1) is 5.92 Å². The monoisotopic (exact) mass is 531 g/mol. The minimum absolute atomic E-state index is 0.144. The van der Waals surface area contributed by atoms with E-state index in [9.17, 15) is 43.9 Å². The average molecular weight is 531 g/mol. The first-order chi connectivity index (χ1) is 16.6. The van der Waals surface area contributed by atoms with E-state index in [0.717, 1.165) is 18.4 Å². The fourth-order valence-corrected chi connectivity index (χ4v) is 3.05.